The maximum absolute atomic E-state index is 12.0. The van der Waals surface area contributed by atoms with E-state index in [4.69, 9.17) is 10.5 Å². The van der Waals surface area contributed by atoms with E-state index in [2.05, 4.69) is 15.6 Å². The molecule has 0 saturated carbocycles. The summed E-state index contributed by atoms with van der Waals surface area (Å²) in [5.74, 6) is 0.489. The maximum atomic E-state index is 12.0. The zero-order valence-corrected chi connectivity index (χ0v) is 13.9. The topological polar surface area (TPSA) is 106 Å². The number of hydrogen-bond acceptors (Lipinski definition) is 4. The van der Waals surface area contributed by atoms with Gasteiger partial charge >= 0.3 is 6.03 Å². The lowest BCUT2D eigenvalue weighted by Gasteiger charge is -2.09. The average Bonchev–Trinajstić information content (AvgIpc) is 2.65. The molecule has 3 rings (SSSR count). The van der Waals surface area contributed by atoms with Crippen molar-refractivity contribution in [3.05, 3.63) is 66.2 Å². The number of anilines is 1. The van der Waals surface area contributed by atoms with Crippen LogP contribution in [-0.2, 0) is 11.3 Å². The van der Waals surface area contributed by atoms with Gasteiger partial charge < -0.3 is 15.8 Å². The van der Waals surface area contributed by atoms with Crippen LogP contribution >= 0.6 is 0 Å². The summed E-state index contributed by atoms with van der Waals surface area (Å²) in [4.78, 5) is 27.1. The number of urea groups is 1. The number of carbonyl (C=O) groups is 2. The Morgan fingerprint density at radius 1 is 1.00 bits per heavy atom. The largest absolute Gasteiger partial charge is 0.484 e. The van der Waals surface area contributed by atoms with Crippen LogP contribution in [0.15, 0.2) is 60.7 Å². The van der Waals surface area contributed by atoms with Gasteiger partial charge in [0.2, 0.25) is 0 Å². The van der Waals surface area contributed by atoms with Crippen LogP contribution in [0.4, 0.5) is 10.6 Å². The van der Waals surface area contributed by atoms with Crippen molar-refractivity contribution in [2.45, 2.75) is 6.54 Å². The summed E-state index contributed by atoms with van der Waals surface area (Å²) in [5, 5.41) is 6.48. The molecule has 0 atom stereocenters. The zero-order chi connectivity index (χ0) is 18.4. The van der Waals surface area contributed by atoms with Crippen LogP contribution in [-0.4, -0.2) is 23.5 Å². The van der Waals surface area contributed by atoms with Gasteiger partial charge in [0.1, 0.15) is 11.6 Å². The Kier molecular flexibility index (Phi) is 5.28. The fraction of sp³-hybridized carbons (Fsp3) is 0.105. The Morgan fingerprint density at radius 2 is 1.77 bits per heavy atom. The first kappa shape index (κ1) is 17.2. The van der Waals surface area contributed by atoms with E-state index in [9.17, 15) is 9.59 Å². The van der Waals surface area contributed by atoms with Gasteiger partial charge in [-0.1, -0.05) is 30.3 Å². The number of primary amides is 1. The van der Waals surface area contributed by atoms with E-state index in [-0.39, 0.29) is 12.6 Å². The van der Waals surface area contributed by atoms with E-state index in [1.54, 1.807) is 30.3 Å². The second kappa shape index (κ2) is 7.98. The minimum absolute atomic E-state index is 0.168. The van der Waals surface area contributed by atoms with E-state index in [1.807, 2.05) is 30.3 Å². The molecule has 132 valence electrons. The van der Waals surface area contributed by atoms with Crippen molar-refractivity contribution in [2.24, 2.45) is 5.73 Å². The number of para-hydroxylation sites is 1. The van der Waals surface area contributed by atoms with Crippen LogP contribution in [0.5, 0.6) is 5.75 Å². The van der Waals surface area contributed by atoms with Crippen LogP contribution in [0.3, 0.4) is 0 Å². The van der Waals surface area contributed by atoms with Crippen molar-refractivity contribution < 1.29 is 14.3 Å². The van der Waals surface area contributed by atoms with Gasteiger partial charge in [0, 0.05) is 11.9 Å². The highest BCUT2D eigenvalue weighted by molar-refractivity contribution is 5.90. The van der Waals surface area contributed by atoms with E-state index >= 15 is 0 Å². The molecule has 0 aliphatic carbocycles. The number of carbonyl (C=O) groups excluding carboxylic acids is 2. The van der Waals surface area contributed by atoms with Crippen molar-refractivity contribution in [1.82, 2.24) is 10.3 Å². The number of pyridine rings is 1. The summed E-state index contributed by atoms with van der Waals surface area (Å²) in [5.41, 5.74) is 6.73. The first-order valence-corrected chi connectivity index (χ1v) is 8.01. The highest BCUT2D eigenvalue weighted by atomic mass is 16.5. The number of ether oxygens (including phenoxy) is 1. The van der Waals surface area contributed by atoms with Crippen LogP contribution in [0.25, 0.3) is 10.9 Å². The van der Waals surface area contributed by atoms with Gasteiger partial charge in [0.05, 0.1) is 5.52 Å². The number of amides is 3. The van der Waals surface area contributed by atoms with Crippen molar-refractivity contribution in [3.8, 4) is 5.75 Å². The lowest BCUT2D eigenvalue weighted by Crippen LogP contribution is -2.28. The normalized spacial score (nSPS) is 10.3. The molecule has 1 heterocycles. The van der Waals surface area contributed by atoms with Crippen molar-refractivity contribution in [1.29, 1.82) is 0 Å². The summed E-state index contributed by atoms with van der Waals surface area (Å²) in [6.45, 7) is 0.175. The molecule has 0 radical (unpaired) electrons. The van der Waals surface area contributed by atoms with Crippen LogP contribution in [0, 0.1) is 0 Å². The smallest absolute Gasteiger partial charge is 0.320 e. The number of nitrogens with one attached hydrogen (secondary N) is 2. The molecule has 7 heteroatoms. The van der Waals surface area contributed by atoms with Crippen molar-refractivity contribution in [3.63, 3.8) is 0 Å². The number of rotatable bonds is 6. The highest BCUT2D eigenvalue weighted by Gasteiger charge is 2.04. The molecule has 0 bridgehead atoms. The predicted molar refractivity (Wildman–Crippen MR) is 98.7 cm³/mol. The van der Waals surface area contributed by atoms with Gasteiger partial charge in [-0.3, -0.25) is 10.1 Å². The third-order valence-electron chi connectivity index (χ3n) is 3.60. The minimum Gasteiger partial charge on any atom is -0.484 e. The van der Waals surface area contributed by atoms with E-state index in [0.29, 0.717) is 18.1 Å². The average molecular weight is 350 g/mol. The van der Waals surface area contributed by atoms with Gasteiger partial charge in [-0.25, -0.2) is 9.78 Å². The second-order valence-corrected chi connectivity index (χ2v) is 5.60. The molecule has 0 spiro atoms. The third kappa shape index (κ3) is 4.70. The SMILES string of the molecule is NC(=O)COc1ccc(CNC(=O)Nc2ccc3ccccc3n2)cc1. The second-order valence-electron chi connectivity index (χ2n) is 5.60. The first-order valence-electron chi connectivity index (χ1n) is 8.01. The zero-order valence-electron chi connectivity index (χ0n) is 13.9. The number of nitrogens with zero attached hydrogens (tertiary/aromatic N) is 1. The molecule has 0 saturated heterocycles. The van der Waals surface area contributed by atoms with Crippen molar-refractivity contribution >= 4 is 28.7 Å². The van der Waals surface area contributed by atoms with Crippen LogP contribution in [0.1, 0.15) is 5.56 Å². The minimum atomic E-state index is -0.533. The molecule has 3 amide bonds. The Morgan fingerprint density at radius 3 is 2.54 bits per heavy atom. The first-order chi connectivity index (χ1) is 12.6. The molecule has 7 nitrogen and oxygen atoms in total. The van der Waals surface area contributed by atoms with Crippen molar-refractivity contribution in [2.75, 3.05) is 11.9 Å². The van der Waals surface area contributed by atoms with Crippen LogP contribution < -0.4 is 21.1 Å². The van der Waals surface area contributed by atoms with Gasteiger partial charge in [0.25, 0.3) is 5.91 Å². The Balaban J connectivity index is 1.52. The molecule has 0 aliphatic rings. The number of aromatic nitrogens is 1. The van der Waals surface area contributed by atoms with E-state index in [1.165, 1.54) is 0 Å². The molecule has 26 heavy (non-hydrogen) atoms. The number of benzene rings is 2. The van der Waals surface area contributed by atoms with Gasteiger partial charge in [-0.05, 0) is 35.9 Å². The number of hydrogen-bond donors (Lipinski definition) is 3. The molecule has 0 fully saturated rings. The molecule has 0 unspecified atom stereocenters. The maximum Gasteiger partial charge on any atom is 0.320 e. The monoisotopic (exact) mass is 350 g/mol. The quantitative estimate of drug-likeness (QED) is 0.635. The molecule has 1 aromatic heterocycles. The summed E-state index contributed by atoms with van der Waals surface area (Å²) < 4.78 is 5.18. The Hall–Kier alpha value is -3.61. The Labute approximate surface area is 150 Å². The summed E-state index contributed by atoms with van der Waals surface area (Å²) in [7, 11) is 0. The molecular weight excluding hydrogens is 332 g/mol. The molecule has 0 aliphatic heterocycles. The van der Waals surface area contributed by atoms with Gasteiger partial charge in [0.15, 0.2) is 6.61 Å². The summed E-state index contributed by atoms with van der Waals surface area (Å²) in [6.07, 6.45) is 0. The third-order valence-corrected chi connectivity index (χ3v) is 3.60. The number of fused-ring (bicyclic) bond motifs is 1. The van der Waals surface area contributed by atoms with Gasteiger partial charge in [-0.15, -0.1) is 0 Å². The number of nitrogens with two attached hydrogens (primary N) is 1. The highest BCUT2D eigenvalue weighted by Crippen LogP contribution is 2.15. The molecule has 4 N–H and O–H groups in total. The summed E-state index contributed by atoms with van der Waals surface area (Å²) in [6, 6.07) is 18.0. The molecular formula is C19H18N4O3. The molecule has 2 aromatic carbocycles. The Bertz CT molecular complexity index is 925. The van der Waals surface area contributed by atoms with E-state index < -0.39 is 5.91 Å². The fourth-order valence-corrected chi connectivity index (χ4v) is 2.34. The van der Waals surface area contributed by atoms with E-state index in [0.717, 1.165) is 16.5 Å². The lowest BCUT2D eigenvalue weighted by molar-refractivity contribution is -0.119. The predicted octanol–water partition coefficient (Wildman–Crippen LogP) is 2.42. The van der Waals surface area contributed by atoms with Gasteiger partial charge in [-0.2, -0.15) is 0 Å². The lowest BCUT2D eigenvalue weighted by atomic mass is 10.2. The standard InChI is InChI=1S/C19H18N4O3/c20-17(24)12-26-15-8-5-13(6-9-15)11-21-19(25)23-18-10-7-14-3-1-2-4-16(14)22-18/h1-10H,11-12H2,(H2,20,24)(H2,21,22,23,25). The fourth-order valence-electron chi connectivity index (χ4n) is 2.34. The van der Waals surface area contributed by atoms with Crippen LogP contribution in [0.2, 0.25) is 0 Å². The molecule has 3 aromatic rings. The summed E-state index contributed by atoms with van der Waals surface area (Å²) >= 11 is 0.